The number of nitrogens with two attached hydrogens (primary N) is 1. The molecular weight excluding hydrogens is 544 g/mol. The van der Waals surface area contributed by atoms with Gasteiger partial charge in [0, 0.05) is 37.5 Å². The number of carboxylic acids is 2. The second-order valence-corrected chi connectivity index (χ2v) is 11.1. The molecule has 0 aromatic heterocycles. The van der Waals surface area contributed by atoms with Crippen molar-refractivity contribution in [2.24, 2.45) is 9.98 Å². The Labute approximate surface area is 245 Å². The Bertz CT molecular complexity index is 1260. The molecule has 2 aliphatic heterocycles. The Morgan fingerprint density at radius 1 is 0.951 bits per heavy atom. The van der Waals surface area contributed by atoms with Gasteiger partial charge in [-0.3, -0.25) is 14.9 Å². The number of amides is 1. The van der Waals surface area contributed by atoms with Crippen LogP contribution in [0.4, 0.5) is 10.5 Å². The summed E-state index contributed by atoms with van der Waals surface area (Å²) in [7, 11) is 0. The Morgan fingerprint density at radius 3 is 2.12 bits per heavy atom. The zero-order chi connectivity index (χ0) is 30.4. The summed E-state index contributed by atoms with van der Waals surface area (Å²) >= 11 is 1.48. The lowest BCUT2D eigenvalue weighted by Gasteiger charge is -2.29. The van der Waals surface area contributed by atoms with E-state index in [1.807, 2.05) is 33.1 Å². The minimum absolute atomic E-state index is 0.222. The van der Waals surface area contributed by atoms with Gasteiger partial charge in [-0.05, 0) is 88.6 Å². The number of aromatic carboxylic acids is 2. The van der Waals surface area contributed by atoms with Gasteiger partial charge in [-0.1, -0.05) is 30.0 Å². The molecule has 11 heteroatoms. The third kappa shape index (κ3) is 12.5. The van der Waals surface area contributed by atoms with Crippen LogP contribution in [-0.2, 0) is 11.2 Å². The van der Waals surface area contributed by atoms with Crippen LogP contribution in [0.3, 0.4) is 0 Å². The van der Waals surface area contributed by atoms with Crippen LogP contribution in [0.1, 0.15) is 72.7 Å². The molecule has 2 aromatic carbocycles. The number of thioether (sulfide) groups is 1. The molecule has 0 saturated carbocycles. The number of rotatable bonds is 4. The number of ether oxygens (including phenoxy) is 1. The van der Waals surface area contributed by atoms with Crippen LogP contribution in [0.25, 0.3) is 0 Å². The predicted molar refractivity (Wildman–Crippen MR) is 164 cm³/mol. The lowest BCUT2D eigenvalue weighted by molar-refractivity contribution is 0.0367. The van der Waals surface area contributed by atoms with Gasteiger partial charge >= 0.3 is 18.0 Å². The molecule has 0 spiro atoms. The minimum Gasteiger partial charge on any atom is -0.478 e. The first-order valence-corrected chi connectivity index (χ1v) is 14.6. The normalized spacial score (nSPS) is 14.7. The smallest absolute Gasteiger partial charge is 0.416 e. The first kappa shape index (κ1) is 33.3. The van der Waals surface area contributed by atoms with E-state index in [0.29, 0.717) is 17.8 Å². The number of amidine groups is 1. The molecule has 0 aliphatic carbocycles. The molecule has 0 unspecified atom stereocenters. The molecule has 41 heavy (non-hydrogen) atoms. The summed E-state index contributed by atoms with van der Waals surface area (Å²) in [5.74, 6) is -1.82. The van der Waals surface area contributed by atoms with E-state index in [1.165, 1.54) is 42.4 Å². The maximum Gasteiger partial charge on any atom is 0.416 e. The standard InChI is InChI=1S/C13H15NO2.C10H18N2O2S.C7H7NO2/c15-13(16)11-5-3-4-10(8-11)9-12-6-1-2-7-14-12;1-10(2,3)14-9(13)12-7-5-6-11-8(12)15-4;8-6-3-1-2-5(4-6)7(9)10/h3-5,8H,1-2,6-7,9H2,(H,15,16);5-7H2,1-4H3;1-4H,8H2,(H,9,10). The molecular formula is C30H40N4O6S. The Hall–Kier alpha value is -3.86. The van der Waals surface area contributed by atoms with Crippen molar-refractivity contribution in [3.8, 4) is 0 Å². The number of aliphatic imine (C=N–C) groups is 2. The van der Waals surface area contributed by atoms with Gasteiger partial charge in [0.05, 0.1) is 11.1 Å². The van der Waals surface area contributed by atoms with Crippen molar-refractivity contribution in [3.05, 3.63) is 65.2 Å². The minimum atomic E-state index is -0.952. The highest BCUT2D eigenvalue weighted by atomic mass is 32.2. The Balaban J connectivity index is 0.000000221. The van der Waals surface area contributed by atoms with Gasteiger partial charge in [0.1, 0.15) is 5.60 Å². The van der Waals surface area contributed by atoms with Gasteiger partial charge in [-0.25, -0.2) is 14.4 Å². The van der Waals surface area contributed by atoms with Crippen molar-refractivity contribution in [2.75, 3.05) is 31.6 Å². The average molecular weight is 585 g/mol. The topological polar surface area (TPSA) is 155 Å². The molecule has 222 valence electrons. The molecule has 4 rings (SSSR count). The van der Waals surface area contributed by atoms with Crippen molar-refractivity contribution < 1.29 is 29.3 Å². The van der Waals surface area contributed by atoms with Crippen LogP contribution < -0.4 is 5.73 Å². The Kier molecular flexibility index (Phi) is 13.4. The van der Waals surface area contributed by atoms with Gasteiger partial charge in [0.2, 0.25) is 0 Å². The second-order valence-electron chi connectivity index (χ2n) is 10.4. The van der Waals surface area contributed by atoms with Crippen molar-refractivity contribution in [1.29, 1.82) is 0 Å². The highest BCUT2D eigenvalue weighted by Gasteiger charge is 2.26. The monoisotopic (exact) mass is 584 g/mol. The third-order valence-electron chi connectivity index (χ3n) is 5.74. The predicted octanol–water partition coefficient (Wildman–Crippen LogP) is 5.87. The lowest BCUT2D eigenvalue weighted by Crippen LogP contribution is -2.42. The third-order valence-corrected chi connectivity index (χ3v) is 6.45. The maximum atomic E-state index is 11.8. The molecule has 1 amide bonds. The van der Waals surface area contributed by atoms with Crippen LogP contribution in [0, 0.1) is 0 Å². The van der Waals surface area contributed by atoms with E-state index in [2.05, 4.69) is 9.98 Å². The zero-order valence-electron chi connectivity index (χ0n) is 24.1. The highest BCUT2D eigenvalue weighted by Crippen LogP contribution is 2.17. The summed E-state index contributed by atoms with van der Waals surface area (Å²) in [6.07, 6.45) is 6.76. The lowest BCUT2D eigenvalue weighted by atomic mass is 10.0. The van der Waals surface area contributed by atoms with E-state index in [1.54, 1.807) is 35.2 Å². The molecule has 0 fully saturated rings. The van der Waals surface area contributed by atoms with Gasteiger partial charge in [-0.2, -0.15) is 0 Å². The number of nitrogen functional groups attached to an aromatic ring is 1. The van der Waals surface area contributed by atoms with Crippen molar-refractivity contribution in [1.82, 2.24) is 4.90 Å². The largest absolute Gasteiger partial charge is 0.478 e. The van der Waals surface area contributed by atoms with E-state index in [-0.39, 0.29) is 11.7 Å². The van der Waals surface area contributed by atoms with Gasteiger partial charge in [-0.15, -0.1) is 0 Å². The molecule has 2 aromatic rings. The van der Waals surface area contributed by atoms with Crippen LogP contribution in [0.5, 0.6) is 0 Å². The van der Waals surface area contributed by atoms with Crippen molar-refractivity contribution in [3.63, 3.8) is 0 Å². The number of carbonyl (C=O) groups is 3. The van der Waals surface area contributed by atoms with Gasteiger partial charge in [0.25, 0.3) is 0 Å². The Morgan fingerprint density at radius 2 is 1.59 bits per heavy atom. The second kappa shape index (κ2) is 16.4. The number of anilines is 1. The van der Waals surface area contributed by atoms with Crippen molar-refractivity contribution in [2.45, 2.75) is 58.5 Å². The summed E-state index contributed by atoms with van der Waals surface area (Å²) in [5, 5.41) is 18.1. The fourth-order valence-electron chi connectivity index (χ4n) is 3.87. The fraction of sp³-hybridized carbons (Fsp3) is 0.433. The van der Waals surface area contributed by atoms with Gasteiger partial charge in [0.15, 0.2) is 5.17 Å². The summed E-state index contributed by atoms with van der Waals surface area (Å²) in [6, 6.07) is 13.3. The number of carboxylic acid groups (broad SMARTS) is 2. The van der Waals surface area contributed by atoms with E-state index < -0.39 is 17.5 Å². The van der Waals surface area contributed by atoms with E-state index in [9.17, 15) is 14.4 Å². The number of hydrogen-bond acceptors (Lipinski definition) is 8. The molecule has 2 heterocycles. The number of carbonyl (C=O) groups excluding carboxylic acids is 1. The van der Waals surface area contributed by atoms with Crippen molar-refractivity contribution >= 4 is 46.4 Å². The summed E-state index contributed by atoms with van der Waals surface area (Å²) in [5.41, 5.74) is 8.18. The molecule has 0 atom stereocenters. The molecule has 0 saturated heterocycles. The van der Waals surface area contributed by atoms with Crippen LogP contribution >= 0.6 is 11.8 Å². The van der Waals surface area contributed by atoms with Crippen LogP contribution in [0.15, 0.2) is 58.5 Å². The zero-order valence-corrected chi connectivity index (χ0v) is 24.9. The molecule has 0 bridgehead atoms. The van der Waals surface area contributed by atoms with Crippen LogP contribution in [-0.4, -0.2) is 75.5 Å². The van der Waals surface area contributed by atoms with E-state index >= 15 is 0 Å². The number of hydrogen-bond donors (Lipinski definition) is 3. The maximum absolute atomic E-state index is 11.8. The number of benzene rings is 2. The molecule has 4 N–H and O–H groups in total. The van der Waals surface area contributed by atoms with Crippen LogP contribution in [0.2, 0.25) is 0 Å². The molecule has 0 radical (unpaired) electrons. The summed E-state index contributed by atoms with van der Waals surface area (Å²) < 4.78 is 5.30. The fourth-order valence-corrected chi connectivity index (χ4v) is 4.48. The average Bonchev–Trinajstić information content (AvgIpc) is 2.93. The SMILES string of the molecule is CSC1=NCCCN1C(=O)OC(C)(C)C.Nc1cccc(C(=O)O)c1.O=C(O)c1cccc(CC2=NCCCC2)c1. The van der Waals surface area contributed by atoms with Gasteiger partial charge < -0.3 is 20.7 Å². The quantitative estimate of drug-likeness (QED) is 0.377. The highest BCUT2D eigenvalue weighted by molar-refractivity contribution is 8.13. The molecule has 2 aliphatic rings. The first-order chi connectivity index (χ1) is 19.4. The van der Waals surface area contributed by atoms with E-state index in [0.717, 1.165) is 43.1 Å². The first-order valence-electron chi connectivity index (χ1n) is 13.4. The molecule has 10 nitrogen and oxygen atoms in total. The number of nitrogens with zero attached hydrogens (tertiary/aromatic N) is 3. The summed E-state index contributed by atoms with van der Waals surface area (Å²) in [4.78, 5) is 43.3. The van der Waals surface area contributed by atoms with E-state index in [4.69, 9.17) is 20.7 Å². The summed E-state index contributed by atoms with van der Waals surface area (Å²) in [6.45, 7) is 8.03.